The van der Waals surface area contributed by atoms with Crippen LogP contribution >= 0.6 is 0 Å². The van der Waals surface area contributed by atoms with E-state index in [0.29, 0.717) is 11.5 Å². The number of nitrogens with one attached hydrogen (secondary N) is 1. The van der Waals surface area contributed by atoms with Crippen LogP contribution in [0.25, 0.3) is 0 Å². The summed E-state index contributed by atoms with van der Waals surface area (Å²) in [7, 11) is 0. The molecule has 0 aromatic rings. The molecular formula is C13H28N2O. The van der Waals surface area contributed by atoms with E-state index >= 15 is 0 Å². The van der Waals surface area contributed by atoms with Gasteiger partial charge >= 0.3 is 0 Å². The normalized spacial score (nSPS) is 23.6. The molecule has 0 radical (unpaired) electrons. The van der Waals surface area contributed by atoms with Crippen molar-refractivity contribution >= 4 is 0 Å². The standard InChI is InChI=1S/C13H28N2O/c1-5-12-9-15(7-8-16-12)11-13(3,4)10-14-6-2/h12,14H,5-11H2,1-4H3. The van der Waals surface area contributed by atoms with Gasteiger partial charge in [0, 0.05) is 26.2 Å². The van der Waals surface area contributed by atoms with Crippen LogP contribution in [0.3, 0.4) is 0 Å². The molecule has 0 aromatic heterocycles. The van der Waals surface area contributed by atoms with E-state index < -0.39 is 0 Å². The summed E-state index contributed by atoms with van der Waals surface area (Å²) in [4.78, 5) is 2.55. The highest BCUT2D eigenvalue weighted by molar-refractivity contribution is 4.79. The van der Waals surface area contributed by atoms with Crippen LogP contribution in [-0.2, 0) is 4.74 Å². The van der Waals surface area contributed by atoms with E-state index in [9.17, 15) is 0 Å². The second kappa shape index (κ2) is 6.58. The van der Waals surface area contributed by atoms with Crippen molar-refractivity contribution < 1.29 is 4.74 Å². The number of ether oxygens (including phenoxy) is 1. The van der Waals surface area contributed by atoms with Crippen molar-refractivity contribution in [2.45, 2.75) is 40.2 Å². The monoisotopic (exact) mass is 228 g/mol. The molecule has 0 aliphatic carbocycles. The molecule has 1 rings (SSSR count). The van der Waals surface area contributed by atoms with Crippen LogP contribution in [0.2, 0.25) is 0 Å². The lowest BCUT2D eigenvalue weighted by Crippen LogP contribution is -2.48. The summed E-state index contributed by atoms with van der Waals surface area (Å²) in [5.74, 6) is 0. The van der Waals surface area contributed by atoms with Crippen LogP contribution in [0.1, 0.15) is 34.1 Å². The van der Waals surface area contributed by atoms with Crippen molar-refractivity contribution in [3.63, 3.8) is 0 Å². The predicted molar refractivity (Wildman–Crippen MR) is 68.8 cm³/mol. The molecule has 1 heterocycles. The van der Waals surface area contributed by atoms with Gasteiger partial charge in [0.25, 0.3) is 0 Å². The van der Waals surface area contributed by atoms with Gasteiger partial charge in [0.2, 0.25) is 0 Å². The third-order valence-electron chi connectivity index (χ3n) is 3.18. The van der Waals surface area contributed by atoms with E-state index in [1.807, 2.05) is 0 Å². The van der Waals surface area contributed by atoms with Crippen molar-refractivity contribution in [2.75, 3.05) is 39.3 Å². The molecule has 1 unspecified atom stereocenters. The molecule has 1 saturated heterocycles. The van der Waals surface area contributed by atoms with Gasteiger partial charge in [-0.05, 0) is 18.4 Å². The quantitative estimate of drug-likeness (QED) is 0.749. The minimum atomic E-state index is 0.353. The first-order valence-electron chi connectivity index (χ1n) is 6.62. The van der Waals surface area contributed by atoms with E-state index in [1.165, 1.54) is 6.54 Å². The summed E-state index contributed by atoms with van der Waals surface area (Å²) in [5.41, 5.74) is 0.353. The maximum absolute atomic E-state index is 5.70. The Balaban J connectivity index is 2.34. The molecule has 1 fully saturated rings. The van der Waals surface area contributed by atoms with Gasteiger partial charge < -0.3 is 10.1 Å². The van der Waals surface area contributed by atoms with Crippen LogP contribution in [-0.4, -0.2) is 50.3 Å². The maximum Gasteiger partial charge on any atom is 0.0700 e. The largest absolute Gasteiger partial charge is 0.376 e. The van der Waals surface area contributed by atoms with Gasteiger partial charge in [-0.2, -0.15) is 0 Å². The van der Waals surface area contributed by atoms with Crippen LogP contribution in [0.5, 0.6) is 0 Å². The fourth-order valence-corrected chi connectivity index (χ4v) is 2.30. The topological polar surface area (TPSA) is 24.5 Å². The Morgan fingerprint density at radius 3 is 2.75 bits per heavy atom. The van der Waals surface area contributed by atoms with Crippen LogP contribution in [0.15, 0.2) is 0 Å². The molecule has 3 nitrogen and oxygen atoms in total. The van der Waals surface area contributed by atoms with E-state index in [1.54, 1.807) is 0 Å². The van der Waals surface area contributed by atoms with E-state index in [-0.39, 0.29) is 0 Å². The molecule has 1 atom stereocenters. The zero-order valence-corrected chi connectivity index (χ0v) is 11.4. The minimum absolute atomic E-state index is 0.353. The van der Waals surface area contributed by atoms with Crippen molar-refractivity contribution in [2.24, 2.45) is 5.41 Å². The number of nitrogens with zero attached hydrogens (tertiary/aromatic N) is 1. The van der Waals surface area contributed by atoms with E-state index in [4.69, 9.17) is 4.74 Å². The number of morpholine rings is 1. The van der Waals surface area contributed by atoms with Crippen LogP contribution in [0.4, 0.5) is 0 Å². The SMILES string of the molecule is CCNCC(C)(C)CN1CCOC(CC)C1. The molecule has 1 aliphatic heterocycles. The summed E-state index contributed by atoms with van der Waals surface area (Å²) >= 11 is 0. The fourth-order valence-electron chi connectivity index (χ4n) is 2.30. The first kappa shape index (κ1) is 13.9. The summed E-state index contributed by atoms with van der Waals surface area (Å²) in [6.07, 6.45) is 1.58. The highest BCUT2D eigenvalue weighted by Gasteiger charge is 2.25. The van der Waals surface area contributed by atoms with Crippen LogP contribution < -0.4 is 5.32 Å². The summed E-state index contributed by atoms with van der Waals surface area (Å²) in [6.45, 7) is 15.5. The average molecular weight is 228 g/mol. The Kier molecular flexibility index (Phi) is 5.73. The smallest absolute Gasteiger partial charge is 0.0700 e. The lowest BCUT2D eigenvalue weighted by Gasteiger charge is -2.38. The van der Waals surface area contributed by atoms with Crippen molar-refractivity contribution in [3.05, 3.63) is 0 Å². The van der Waals surface area contributed by atoms with E-state index in [0.717, 1.165) is 39.2 Å². The summed E-state index contributed by atoms with van der Waals surface area (Å²) in [6, 6.07) is 0. The second-order valence-corrected chi connectivity index (χ2v) is 5.58. The first-order valence-corrected chi connectivity index (χ1v) is 6.62. The van der Waals surface area contributed by atoms with Gasteiger partial charge in [-0.3, -0.25) is 4.90 Å². The Morgan fingerprint density at radius 1 is 1.38 bits per heavy atom. The zero-order chi connectivity index (χ0) is 12.0. The predicted octanol–water partition coefficient (Wildman–Crippen LogP) is 1.73. The second-order valence-electron chi connectivity index (χ2n) is 5.58. The molecule has 96 valence electrons. The number of rotatable bonds is 6. The third-order valence-corrected chi connectivity index (χ3v) is 3.18. The number of hydrogen-bond donors (Lipinski definition) is 1. The highest BCUT2D eigenvalue weighted by Crippen LogP contribution is 2.18. The Morgan fingerprint density at radius 2 is 2.12 bits per heavy atom. The highest BCUT2D eigenvalue weighted by atomic mass is 16.5. The van der Waals surface area contributed by atoms with Crippen molar-refractivity contribution in [1.29, 1.82) is 0 Å². The molecule has 0 saturated carbocycles. The lowest BCUT2D eigenvalue weighted by molar-refractivity contribution is -0.0394. The van der Waals surface area contributed by atoms with Crippen molar-refractivity contribution in [1.82, 2.24) is 10.2 Å². The van der Waals surface area contributed by atoms with Gasteiger partial charge in [-0.1, -0.05) is 27.7 Å². The molecule has 0 bridgehead atoms. The Hall–Kier alpha value is -0.120. The van der Waals surface area contributed by atoms with Crippen LogP contribution in [0, 0.1) is 5.41 Å². The third kappa shape index (κ3) is 4.81. The Labute approximate surface area is 101 Å². The van der Waals surface area contributed by atoms with Gasteiger partial charge in [0.05, 0.1) is 12.7 Å². The molecule has 0 amide bonds. The molecular weight excluding hydrogens is 200 g/mol. The molecule has 0 aromatic carbocycles. The molecule has 16 heavy (non-hydrogen) atoms. The lowest BCUT2D eigenvalue weighted by atomic mass is 9.92. The van der Waals surface area contributed by atoms with E-state index in [2.05, 4.69) is 37.9 Å². The van der Waals surface area contributed by atoms with Gasteiger partial charge in [0.1, 0.15) is 0 Å². The molecule has 1 N–H and O–H groups in total. The zero-order valence-electron chi connectivity index (χ0n) is 11.4. The minimum Gasteiger partial charge on any atom is -0.376 e. The summed E-state index contributed by atoms with van der Waals surface area (Å²) in [5, 5.41) is 3.45. The Bertz CT molecular complexity index is 194. The molecule has 1 aliphatic rings. The molecule has 0 spiro atoms. The maximum atomic E-state index is 5.70. The van der Waals surface area contributed by atoms with Crippen molar-refractivity contribution in [3.8, 4) is 0 Å². The average Bonchev–Trinajstić information content (AvgIpc) is 2.26. The first-order chi connectivity index (χ1) is 7.57. The fraction of sp³-hybridized carbons (Fsp3) is 1.00. The summed E-state index contributed by atoms with van der Waals surface area (Å²) < 4.78 is 5.70. The number of hydrogen-bond acceptors (Lipinski definition) is 3. The molecule has 3 heteroatoms. The van der Waals surface area contributed by atoms with Gasteiger partial charge in [-0.25, -0.2) is 0 Å². The van der Waals surface area contributed by atoms with Gasteiger partial charge in [-0.15, -0.1) is 0 Å². The van der Waals surface area contributed by atoms with Gasteiger partial charge in [0.15, 0.2) is 0 Å².